The van der Waals surface area contributed by atoms with Crippen molar-refractivity contribution in [1.82, 2.24) is 10.6 Å². The molecule has 1 aliphatic carbocycles. The predicted molar refractivity (Wildman–Crippen MR) is 154 cm³/mol. The highest BCUT2D eigenvalue weighted by Crippen LogP contribution is 2.39. The highest BCUT2D eigenvalue weighted by molar-refractivity contribution is 5.79. The number of benzene rings is 1. The molecular formula is C31H46N2O8. The van der Waals surface area contributed by atoms with E-state index in [0.717, 1.165) is 24.8 Å². The maximum atomic E-state index is 13.2. The third-order valence-corrected chi connectivity index (χ3v) is 7.65. The van der Waals surface area contributed by atoms with Crippen LogP contribution in [0.1, 0.15) is 51.0 Å². The molecule has 1 aromatic carbocycles. The number of carbonyl (C=O) groups excluding carboxylic acids is 2. The monoisotopic (exact) mass is 574 g/mol. The summed E-state index contributed by atoms with van der Waals surface area (Å²) in [5, 5.41) is 45.1. The van der Waals surface area contributed by atoms with Gasteiger partial charge in [-0.05, 0) is 43.1 Å². The van der Waals surface area contributed by atoms with Gasteiger partial charge < -0.3 is 40.5 Å². The first-order valence-corrected chi connectivity index (χ1v) is 14.7. The average Bonchev–Trinajstić information content (AvgIpc) is 3.40. The molecule has 1 aliphatic heterocycles. The molecule has 0 aromatic heterocycles. The number of nitrogens with one attached hydrogen (secondary N) is 2. The Balaban J connectivity index is 1.52. The predicted octanol–water partition coefficient (Wildman–Crippen LogP) is 1.53. The minimum Gasteiger partial charge on any atom is -0.394 e. The second-order valence-corrected chi connectivity index (χ2v) is 10.8. The molecule has 0 spiro atoms. The summed E-state index contributed by atoms with van der Waals surface area (Å²) in [6.07, 6.45) is 6.08. The van der Waals surface area contributed by atoms with Crippen LogP contribution in [0.4, 0.5) is 0 Å². The lowest BCUT2D eigenvalue weighted by atomic mass is 9.94. The quantitative estimate of drug-likeness (QED) is 0.136. The Hall–Kier alpha value is -2.60. The van der Waals surface area contributed by atoms with Crippen LogP contribution in [0.25, 0.3) is 6.08 Å². The molecule has 41 heavy (non-hydrogen) atoms. The molecule has 0 radical (unpaired) electrons. The summed E-state index contributed by atoms with van der Waals surface area (Å²) < 4.78 is 10.8. The van der Waals surface area contributed by atoms with E-state index in [9.17, 15) is 30.0 Å². The number of amides is 2. The summed E-state index contributed by atoms with van der Waals surface area (Å²) in [6, 6.07) is 10.0. The van der Waals surface area contributed by atoms with Crippen LogP contribution in [-0.2, 0) is 19.1 Å². The van der Waals surface area contributed by atoms with E-state index in [2.05, 4.69) is 35.8 Å². The maximum absolute atomic E-state index is 13.2. The van der Waals surface area contributed by atoms with Gasteiger partial charge in [-0.1, -0.05) is 68.0 Å². The Morgan fingerprint density at radius 3 is 2.54 bits per heavy atom. The van der Waals surface area contributed by atoms with Crippen LogP contribution in [-0.4, -0.2) is 89.2 Å². The number of aliphatic hydroxyl groups is 4. The molecule has 2 aliphatic rings. The lowest BCUT2D eigenvalue weighted by Gasteiger charge is -2.39. The van der Waals surface area contributed by atoms with Crippen LogP contribution >= 0.6 is 0 Å². The highest BCUT2D eigenvalue weighted by atomic mass is 16.7. The molecule has 3 rings (SSSR count). The number of hydrogen-bond donors (Lipinski definition) is 6. The van der Waals surface area contributed by atoms with E-state index in [1.54, 1.807) is 0 Å². The van der Waals surface area contributed by atoms with Crippen molar-refractivity contribution in [3.8, 4) is 0 Å². The Bertz CT molecular complexity index is 986. The molecule has 1 aromatic rings. The van der Waals surface area contributed by atoms with Gasteiger partial charge in [-0.2, -0.15) is 0 Å². The minimum absolute atomic E-state index is 0.00609. The summed E-state index contributed by atoms with van der Waals surface area (Å²) in [5.74, 6) is -0.0718. The highest BCUT2D eigenvalue weighted by Gasteiger charge is 2.44. The molecular weight excluding hydrogens is 528 g/mol. The van der Waals surface area contributed by atoms with E-state index < -0.39 is 37.3 Å². The largest absolute Gasteiger partial charge is 0.394 e. The smallest absolute Gasteiger partial charge is 0.223 e. The van der Waals surface area contributed by atoms with Crippen molar-refractivity contribution in [1.29, 1.82) is 0 Å². The van der Waals surface area contributed by atoms with Crippen LogP contribution in [0.3, 0.4) is 0 Å². The first kappa shape index (κ1) is 32.9. The molecule has 1 saturated heterocycles. The van der Waals surface area contributed by atoms with Crippen LogP contribution in [0.15, 0.2) is 48.6 Å². The van der Waals surface area contributed by atoms with Crippen LogP contribution < -0.4 is 10.6 Å². The lowest BCUT2D eigenvalue weighted by molar-refractivity contribution is -0.300. The van der Waals surface area contributed by atoms with E-state index in [1.807, 2.05) is 36.4 Å². The molecule has 10 heteroatoms. The zero-order valence-electron chi connectivity index (χ0n) is 23.8. The number of carbonyl (C=O) groups is 2. The number of ether oxygens (including phenoxy) is 2. The molecule has 228 valence electrons. The fourth-order valence-electron chi connectivity index (χ4n) is 5.26. The third kappa shape index (κ3) is 10.3. The number of rotatable bonds is 15. The Kier molecular flexibility index (Phi) is 13.9. The second-order valence-electron chi connectivity index (χ2n) is 10.8. The van der Waals surface area contributed by atoms with E-state index >= 15 is 0 Å². The fourth-order valence-corrected chi connectivity index (χ4v) is 5.26. The number of hydrogen-bond acceptors (Lipinski definition) is 8. The van der Waals surface area contributed by atoms with E-state index in [4.69, 9.17) is 9.47 Å². The van der Waals surface area contributed by atoms with Gasteiger partial charge in [-0.3, -0.25) is 9.59 Å². The van der Waals surface area contributed by atoms with E-state index in [0.29, 0.717) is 25.8 Å². The molecule has 2 fully saturated rings. The van der Waals surface area contributed by atoms with Gasteiger partial charge in [0, 0.05) is 25.4 Å². The van der Waals surface area contributed by atoms with Crippen molar-refractivity contribution in [2.24, 2.45) is 17.8 Å². The maximum Gasteiger partial charge on any atom is 0.223 e. The standard InChI is InChI=1S/C31H46N2O8/c1-2-3-15-32-26(35)12-8-7-11-23-18-22(14-13-21-9-5-4-6-10-21)19-24(23)30(39)33-16-17-40-31-29(38)28(37)27(36)25(20-34)41-31/h4-7,9-11,13-14,22-25,27-29,31,34,36-38H,2-3,8,12,15-20H2,1H3,(H,32,35)(H,33,39)/b11-7+,14-13?. The van der Waals surface area contributed by atoms with Gasteiger partial charge in [-0.15, -0.1) is 0 Å². The van der Waals surface area contributed by atoms with Crippen LogP contribution in [0.2, 0.25) is 0 Å². The van der Waals surface area contributed by atoms with Gasteiger partial charge in [0.05, 0.1) is 13.2 Å². The molecule has 10 nitrogen and oxygen atoms in total. The summed E-state index contributed by atoms with van der Waals surface area (Å²) in [4.78, 5) is 25.2. The van der Waals surface area contributed by atoms with Gasteiger partial charge in [0.15, 0.2) is 6.29 Å². The summed E-state index contributed by atoms with van der Waals surface area (Å²) in [6.45, 7) is 2.40. The molecule has 8 unspecified atom stereocenters. The first-order chi connectivity index (χ1) is 19.8. The average molecular weight is 575 g/mol. The molecule has 2 amide bonds. The summed E-state index contributed by atoms with van der Waals surface area (Å²) in [7, 11) is 0. The Morgan fingerprint density at radius 1 is 1.02 bits per heavy atom. The van der Waals surface area contributed by atoms with Crippen molar-refractivity contribution < 1.29 is 39.5 Å². The summed E-state index contributed by atoms with van der Waals surface area (Å²) in [5.41, 5.74) is 1.10. The van der Waals surface area contributed by atoms with E-state index in [1.165, 1.54) is 0 Å². The van der Waals surface area contributed by atoms with Crippen molar-refractivity contribution in [3.63, 3.8) is 0 Å². The van der Waals surface area contributed by atoms with Gasteiger partial charge >= 0.3 is 0 Å². The molecule has 0 bridgehead atoms. The number of aliphatic hydroxyl groups excluding tert-OH is 4. The first-order valence-electron chi connectivity index (χ1n) is 14.7. The SMILES string of the molecule is CCCCNC(=O)CC/C=C/C1CC(C=Cc2ccccc2)CC1C(=O)NCCOC1OC(CO)C(O)C(O)C1O. The zero-order valence-corrected chi connectivity index (χ0v) is 23.8. The van der Waals surface area contributed by atoms with Crippen LogP contribution in [0.5, 0.6) is 0 Å². The second kappa shape index (κ2) is 17.4. The van der Waals surface area contributed by atoms with Gasteiger partial charge in [0.25, 0.3) is 0 Å². The van der Waals surface area contributed by atoms with Gasteiger partial charge in [0.1, 0.15) is 24.4 Å². The van der Waals surface area contributed by atoms with Crippen LogP contribution in [0, 0.1) is 17.8 Å². The Labute approximate surface area is 242 Å². The molecule has 1 saturated carbocycles. The van der Waals surface area contributed by atoms with Crippen molar-refractivity contribution >= 4 is 17.9 Å². The zero-order chi connectivity index (χ0) is 29.6. The minimum atomic E-state index is -1.52. The fraction of sp³-hybridized carbons (Fsp3) is 0.613. The van der Waals surface area contributed by atoms with Crippen molar-refractivity contribution in [2.45, 2.75) is 76.2 Å². The van der Waals surface area contributed by atoms with Gasteiger partial charge in [0.2, 0.25) is 11.8 Å². The number of allylic oxidation sites excluding steroid dienone is 3. The van der Waals surface area contributed by atoms with Gasteiger partial charge in [-0.25, -0.2) is 0 Å². The summed E-state index contributed by atoms with van der Waals surface area (Å²) >= 11 is 0. The molecule has 6 N–H and O–H groups in total. The van der Waals surface area contributed by atoms with Crippen molar-refractivity contribution in [2.75, 3.05) is 26.3 Å². The van der Waals surface area contributed by atoms with E-state index in [-0.39, 0.29) is 42.7 Å². The lowest BCUT2D eigenvalue weighted by Crippen LogP contribution is -2.59. The number of unbranched alkanes of at least 4 members (excludes halogenated alkanes) is 1. The van der Waals surface area contributed by atoms with Crippen molar-refractivity contribution in [3.05, 3.63) is 54.1 Å². The topological polar surface area (TPSA) is 158 Å². The molecule has 8 atom stereocenters. The normalized spacial score (nSPS) is 30.2. The molecule has 1 heterocycles. The Morgan fingerprint density at radius 2 is 1.80 bits per heavy atom. The third-order valence-electron chi connectivity index (χ3n) is 7.65.